The number of thioether (sulfide) groups is 1. The Balaban J connectivity index is 2.16. The second-order valence-electron chi connectivity index (χ2n) is 4.86. The van der Waals surface area contributed by atoms with Gasteiger partial charge in [-0.3, -0.25) is 14.3 Å². The first-order chi connectivity index (χ1) is 10.4. The summed E-state index contributed by atoms with van der Waals surface area (Å²) >= 11 is 1.22. The standard InChI is InChI=1S/C11H15N5O5S/c1-22-11-14-7-4(8(20)15-11)13-10(12)16(7)9-6(19)5(18)3(17)2-21-9/h3,5-6,9,17-19H,2H2,1H3,(H2,12,13)(H,14,15,20)/t3-,5+,6-,9-/m1/s1. The maximum atomic E-state index is 12.0. The van der Waals surface area contributed by atoms with E-state index >= 15 is 0 Å². The van der Waals surface area contributed by atoms with Gasteiger partial charge in [-0.1, -0.05) is 11.8 Å². The van der Waals surface area contributed by atoms with Crippen molar-refractivity contribution in [3.8, 4) is 0 Å². The predicted octanol–water partition coefficient (Wildman–Crippen LogP) is -1.96. The molecule has 3 heterocycles. The molecule has 0 spiro atoms. The van der Waals surface area contributed by atoms with Crippen LogP contribution in [0.25, 0.3) is 11.2 Å². The summed E-state index contributed by atoms with van der Waals surface area (Å²) in [4.78, 5) is 22.7. The molecule has 120 valence electrons. The van der Waals surface area contributed by atoms with Crippen LogP contribution in [0.15, 0.2) is 9.95 Å². The number of aromatic nitrogens is 4. The van der Waals surface area contributed by atoms with Crippen LogP contribution >= 0.6 is 11.8 Å². The molecule has 0 saturated carbocycles. The number of nitrogens with one attached hydrogen (secondary N) is 1. The maximum absolute atomic E-state index is 12.0. The minimum absolute atomic E-state index is 0.00621. The third kappa shape index (κ3) is 2.27. The molecule has 11 heteroatoms. The van der Waals surface area contributed by atoms with Gasteiger partial charge >= 0.3 is 0 Å². The van der Waals surface area contributed by atoms with Gasteiger partial charge in [0.1, 0.15) is 18.3 Å². The molecule has 3 rings (SSSR count). The SMILES string of the molecule is CSc1nc2c(nc(N)n2[C@@H]2OC[C@@H](O)[C@H](O)[C@H]2O)c(=O)[nH]1. The van der Waals surface area contributed by atoms with Crippen LogP contribution in [0.1, 0.15) is 6.23 Å². The molecule has 0 radical (unpaired) electrons. The fourth-order valence-electron chi connectivity index (χ4n) is 2.35. The second-order valence-corrected chi connectivity index (χ2v) is 5.65. The smallest absolute Gasteiger partial charge is 0.279 e. The highest BCUT2D eigenvalue weighted by molar-refractivity contribution is 7.98. The van der Waals surface area contributed by atoms with Gasteiger partial charge in [0.15, 0.2) is 22.5 Å². The van der Waals surface area contributed by atoms with Crippen molar-refractivity contribution < 1.29 is 20.1 Å². The molecule has 2 aromatic heterocycles. The summed E-state index contributed by atoms with van der Waals surface area (Å²) in [5.41, 5.74) is 5.48. The molecule has 1 saturated heterocycles. The highest BCUT2D eigenvalue weighted by Crippen LogP contribution is 2.29. The number of aromatic amines is 1. The molecule has 22 heavy (non-hydrogen) atoms. The Bertz CT molecular complexity index is 761. The van der Waals surface area contributed by atoms with E-state index in [0.29, 0.717) is 5.16 Å². The van der Waals surface area contributed by atoms with Gasteiger partial charge < -0.3 is 25.8 Å². The second kappa shape index (κ2) is 5.52. The van der Waals surface area contributed by atoms with Gasteiger partial charge in [0.2, 0.25) is 5.95 Å². The lowest BCUT2D eigenvalue weighted by Crippen LogP contribution is -2.50. The van der Waals surface area contributed by atoms with E-state index in [2.05, 4.69) is 15.0 Å². The van der Waals surface area contributed by atoms with Crippen LogP contribution in [0.3, 0.4) is 0 Å². The summed E-state index contributed by atoms with van der Waals surface area (Å²) in [6.45, 7) is -0.194. The fourth-order valence-corrected chi connectivity index (χ4v) is 2.72. The van der Waals surface area contributed by atoms with Gasteiger partial charge in [0.25, 0.3) is 5.56 Å². The number of nitrogens with zero attached hydrogens (tertiary/aromatic N) is 3. The van der Waals surface area contributed by atoms with E-state index in [-0.39, 0.29) is 23.7 Å². The molecule has 0 amide bonds. The van der Waals surface area contributed by atoms with Crippen LogP contribution < -0.4 is 11.3 Å². The van der Waals surface area contributed by atoms with Crippen LogP contribution in [0.5, 0.6) is 0 Å². The molecule has 1 aliphatic rings. The number of aliphatic hydroxyl groups excluding tert-OH is 3. The van der Waals surface area contributed by atoms with Crippen molar-refractivity contribution in [2.24, 2.45) is 0 Å². The number of nitrogens with two attached hydrogens (primary N) is 1. The lowest BCUT2D eigenvalue weighted by molar-refractivity contribution is -0.209. The molecule has 6 N–H and O–H groups in total. The Labute approximate surface area is 127 Å². The number of rotatable bonds is 2. The Hall–Kier alpha value is -1.66. The van der Waals surface area contributed by atoms with E-state index in [1.54, 1.807) is 6.26 Å². The topological polar surface area (TPSA) is 160 Å². The van der Waals surface area contributed by atoms with Crippen molar-refractivity contribution >= 4 is 28.9 Å². The first-order valence-corrected chi connectivity index (χ1v) is 7.64. The number of ether oxygens (including phenoxy) is 1. The molecule has 0 aromatic carbocycles. The van der Waals surface area contributed by atoms with E-state index in [1.165, 1.54) is 16.3 Å². The number of H-pyrrole nitrogens is 1. The number of imidazole rings is 1. The summed E-state index contributed by atoms with van der Waals surface area (Å²) < 4.78 is 6.58. The largest absolute Gasteiger partial charge is 0.388 e. The van der Waals surface area contributed by atoms with Crippen molar-refractivity contribution in [1.29, 1.82) is 0 Å². The van der Waals surface area contributed by atoms with Gasteiger partial charge in [-0.2, -0.15) is 0 Å². The van der Waals surface area contributed by atoms with Crippen molar-refractivity contribution in [1.82, 2.24) is 19.5 Å². The van der Waals surface area contributed by atoms with E-state index in [4.69, 9.17) is 10.5 Å². The number of nitrogen functional groups attached to an aromatic ring is 1. The highest BCUT2D eigenvalue weighted by Gasteiger charge is 2.40. The molecule has 0 bridgehead atoms. The van der Waals surface area contributed by atoms with Crippen molar-refractivity contribution in [2.45, 2.75) is 29.7 Å². The van der Waals surface area contributed by atoms with Gasteiger partial charge in [-0.25, -0.2) is 9.97 Å². The average molecular weight is 329 g/mol. The Kier molecular flexibility index (Phi) is 3.82. The molecule has 10 nitrogen and oxygen atoms in total. The molecular formula is C11H15N5O5S. The average Bonchev–Trinajstić information content (AvgIpc) is 2.82. The van der Waals surface area contributed by atoms with E-state index in [1.807, 2.05) is 0 Å². The first kappa shape index (κ1) is 15.2. The third-order valence-electron chi connectivity index (χ3n) is 3.48. The van der Waals surface area contributed by atoms with Gasteiger partial charge in [0, 0.05) is 0 Å². The molecule has 0 unspecified atom stereocenters. The quantitative estimate of drug-likeness (QED) is 0.311. The van der Waals surface area contributed by atoms with Crippen LogP contribution in [0.4, 0.5) is 5.95 Å². The molecule has 0 aliphatic carbocycles. The minimum Gasteiger partial charge on any atom is -0.388 e. The normalized spacial score (nSPS) is 29.1. The molecule has 4 atom stereocenters. The third-order valence-corrected chi connectivity index (χ3v) is 4.06. The van der Waals surface area contributed by atoms with E-state index in [9.17, 15) is 20.1 Å². The summed E-state index contributed by atoms with van der Waals surface area (Å²) in [6, 6.07) is 0. The Morgan fingerprint density at radius 1 is 1.36 bits per heavy atom. The summed E-state index contributed by atoms with van der Waals surface area (Å²) in [6.07, 6.45) is -3.42. The number of anilines is 1. The molecule has 1 fully saturated rings. The first-order valence-electron chi connectivity index (χ1n) is 6.41. The Morgan fingerprint density at radius 3 is 2.77 bits per heavy atom. The lowest BCUT2D eigenvalue weighted by Gasteiger charge is -2.36. The van der Waals surface area contributed by atoms with Gasteiger partial charge in [-0.05, 0) is 6.26 Å². The van der Waals surface area contributed by atoms with Crippen LogP contribution in [0.2, 0.25) is 0 Å². The zero-order valence-electron chi connectivity index (χ0n) is 11.5. The summed E-state index contributed by atoms with van der Waals surface area (Å²) in [5.74, 6) is -0.0844. The molecule has 1 aliphatic heterocycles. The maximum Gasteiger partial charge on any atom is 0.279 e. The van der Waals surface area contributed by atoms with E-state index in [0.717, 1.165) is 0 Å². The number of aliphatic hydroxyl groups is 3. The summed E-state index contributed by atoms with van der Waals surface area (Å²) in [7, 11) is 0. The number of fused-ring (bicyclic) bond motifs is 1. The Morgan fingerprint density at radius 2 is 2.09 bits per heavy atom. The van der Waals surface area contributed by atoms with E-state index < -0.39 is 30.1 Å². The minimum atomic E-state index is -1.44. The molecular weight excluding hydrogens is 314 g/mol. The van der Waals surface area contributed by atoms with Crippen LogP contribution in [-0.4, -0.2) is 66.0 Å². The highest BCUT2D eigenvalue weighted by atomic mass is 32.2. The van der Waals surface area contributed by atoms with Crippen molar-refractivity contribution in [2.75, 3.05) is 18.6 Å². The number of hydrogen-bond acceptors (Lipinski definition) is 9. The summed E-state index contributed by atoms with van der Waals surface area (Å²) in [5, 5.41) is 29.7. The monoisotopic (exact) mass is 329 g/mol. The van der Waals surface area contributed by atoms with Crippen LogP contribution in [-0.2, 0) is 4.74 Å². The van der Waals surface area contributed by atoms with Gasteiger partial charge in [-0.15, -0.1) is 0 Å². The van der Waals surface area contributed by atoms with Crippen LogP contribution in [0, 0.1) is 0 Å². The zero-order valence-corrected chi connectivity index (χ0v) is 12.3. The van der Waals surface area contributed by atoms with Crippen molar-refractivity contribution in [3.63, 3.8) is 0 Å². The fraction of sp³-hybridized carbons (Fsp3) is 0.545. The number of hydrogen-bond donors (Lipinski definition) is 5. The predicted molar refractivity (Wildman–Crippen MR) is 77.4 cm³/mol. The zero-order chi connectivity index (χ0) is 16.0. The molecule has 2 aromatic rings. The van der Waals surface area contributed by atoms with Gasteiger partial charge in [0.05, 0.1) is 6.61 Å². The van der Waals surface area contributed by atoms with Crippen molar-refractivity contribution in [3.05, 3.63) is 10.4 Å². The lowest BCUT2D eigenvalue weighted by atomic mass is 10.0.